The van der Waals surface area contributed by atoms with E-state index in [-0.39, 0.29) is 31.4 Å². The summed E-state index contributed by atoms with van der Waals surface area (Å²) >= 11 is 0. The monoisotopic (exact) mass is 200 g/mol. The quantitative estimate of drug-likeness (QED) is 0.590. The predicted octanol–water partition coefficient (Wildman–Crippen LogP) is -1.33. The molecule has 0 aromatic heterocycles. The van der Waals surface area contributed by atoms with E-state index < -0.39 is 11.9 Å². The molecule has 14 heavy (non-hydrogen) atoms. The molecule has 0 radical (unpaired) electrons. The van der Waals surface area contributed by atoms with Crippen molar-refractivity contribution in [2.45, 2.75) is 6.92 Å². The van der Waals surface area contributed by atoms with Crippen molar-refractivity contribution >= 4 is 17.8 Å². The number of rotatable bonds is 3. The van der Waals surface area contributed by atoms with E-state index in [9.17, 15) is 14.4 Å². The van der Waals surface area contributed by atoms with E-state index in [0.717, 1.165) is 0 Å². The summed E-state index contributed by atoms with van der Waals surface area (Å²) in [6.07, 6.45) is 0. The van der Waals surface area contributed by atoms with Crippen molar-refractivity contribution in [2.75, 3.05) is 19.6 Å². The first-order valence-electron chi connectivity index (χ1n) is 4.25. The molecule has 1 fully saturated rings. The Morgan fingerprint density at radius 1 is 1.43 bits per heavy atom. The Hall–Kier alpha value is -1.59. The molecule has 1 aliphatic heterocycles. The number of hydrogen-bond donors (Lipinski definition) is 2. The highest BCUT2D eigenvalue weighted by atomic mass is 16.4. The highest BCUT2D eigenvalue weighted by Gasteiger charge is 2.35. The van der Waals surface area contributed by atoms with Crippen LogP contribution in [0.4, 0.5) is 0 Å². The smallest absolute Gasteiger partial charge is 0.310 e. The van der Waals surface area contributed by atoms with Gasteiger partial charge in [0.1, 0.15) is 0 Å². The molecule has 6 nitrogen and oxygen atoms in total. The molecular formula is C8H12N2O4. The SMILES string of the molecule is CC(=O)NCC(=O)N1CC(C(=O)O)C1. The van der Waals surface area contributed by atoms with Gasteiger partial charge < -0.3 is 15.3 Å². The van der Waals surface area contributed by atoms with Gasteiger partial charge in [-0.2, -0.15) is 0 Å². The van der Waals surface area contributed by atoms with Crippen molar-refractivity contribution < 1.29 is 19.5 Å². The van der Waals surface area contributed by atoms with E-state index in [1.807, 2.05) is 0 Å². The van der Waals surface area contributed by atoms with E-state index >= 15 is 0 Å². The highest BCUT2D eigenvalue weighted by molar-refractivity contribution is 5.85. The number of carbonyl (C=O) groups is 3. The zero-order chi connectivity index (χ0) is 10.7. The minimum Gasteiger partial charge on any atom is -0.481 e. The second-order valence-corrected chi connectivity index (χ2v) is 3.24. The van der Waals surface area contributed by atoms with E-state index in [4.69, 9.17) is 5.11 Å². The zero-order valence-electron chi connectivity index (χ0n) is 7.82. The largest absolute Gasteiger partial charge is 0.481 e. The summed E-state index contributed by atoms with van der Waals surface area (Å²) < 4.78 is 0. The number of nitrogens with zero attached hydrogens (tertiary/aromatic N) is 1. The molecule has 0 saturated carbocycles. The molecule has 1 rings (SSSR count). The van der Waals surface area contributed by atoms with Crippen molar-refractivity contribution in [3.8, 4) is 0 Å². The number of aliphatic carboxylic acids is 1. The van der Waals surface area contributed by atoms with Crippen LogP contribution < -0.4 is 5.32 Å². The van der Waals surface area contributed by atoms with E-state index in [1.54, 1.807) is 0 Å². The molecule has 0 unspecified atom stereocenters. The molecule has 6 heteroatoms. The van der Waals surface area contributed by atoms with Crippen LogP contribution in [0, 0.1) is 5.92 Å². The average molecular weight is 200 g/mol. The van der Waals surface area contributed by atoms with Gasteiger partial charge in [0, 0.05) is 20.0 Å². The maximum Gasteiger partial charge on any atom is 0.310 e. The van der Waals surface area contributed by atoms with Crippen molar-refractivity contribution in [1.82, 2.24) is 10.2 Å². The topological polar surface area (TPSA) is 86.7 Å². The standard InChI is InChI=1S/C8H12N2O4/c1-5(11)9-2-7(12)10-3-6(4-10)8(13)14/h6H,2-4H2,1H3,(H,9,11)(H,13,14). The Bertz CT molecular complexity index is 271. The number of amides is 2. The fourth-order valence-electron chi connectivity index (χ4n) is 1.15. The van der Waals surface area contributed by atoms with Gasteiger partial charge in [0.2, 0.25) is 11.8 Å². The molecule has 1 saturated heterocycles. The molecule has 0 aliphatic carbocycles. The Balaban J connectivity index is 2.23. The minimum absolute atomic E-state index is 0.0539. The van der Waals surface area contributed by atoms with Crippen LogP contribution in [0.2, 0.25) is 0 Å². The fourth-order valence-corrected chi connectivity index (χ4v) is 1.15. The molecule has 1 heterocycles. The Morgan fingerprint density at radius 2 is 2.00 bits per heavy atom. The molecule has 0 aromatic carbocycles. The maximum atomic E-state index is 11.2. The summed E-state index contributed by atoms with van der Waals surface area (Å²) in [5.41, 5.74) is 0. The van der Waals surface area contributed by atoms with E-state index in [0.29, 0.717) is 0 Å². The van der Waals surface area contributed by atoms with Crippen LogP contribution in [0.25, 0.3) is 0 Å². The molecule has 0 bridgehead atoms. The minimum atomic E-state index is -0.881. The molecule has 2 N–H and O–H groups in total. The van der Waals surface area contributed by atoms with Crippen LogP contribution >= 0.6 is 0 Å². The van der Waals surface area contributed by atoms with Crippen LogP contribution in [0.1, 0.15) is 6.92 Å². The average Bonchev–Trinajstić information content (AvgIpc) is 1.97. The number of carbonyl (C=O) groups excluding carboxylic acids is 2. The van der Waals surface area contributed by atoms with Gasteiger partial charge in [0.25, 0.3) is 0 Å². The molecule has 0 spiro atoms. The fraction of sp³-hybridized carbons (Fsp3) is 0.625. The van der Waals surface area contributed by atoms with Crippen LogP contribution in [0.3, 0.4) is 0 Å². The van der Waals surface area contributed by atoms with Gasteiger partial charge in [-0.3, -0.25) is 14.4 Å². The third-order valence-electron chi connectivity index (χ3n) is 2.07. The van der Waals surface area contributed by atoms with Gasteiger partial charge >= 0.3 is 5.97 Å². The van der Waals surface area contributed by atoms with E-state index in [2.05, 4.69) is 5.32 Å². The molecule has 78 valence electrons. The van der Waals surface area contributed by atoms with Crippen LogP contribution in [0.15, 0.2) is 0 Å². The van der Waals surface area contributed by atoms with Gasteiger partial charge in [0.05, 0.1) is 12.5 Å². The summed E-state index contributed by atoms with van der Waals surface area (Å²) in [6.45, 7) is 1.76. The normalized spacial score (nSPS) is 15.9. The Labute approximate surface area is 80.9 Å². The molecule has 1 aliphatic rings. The molecule has 0 aromatic rings. The lowest BCUT2D eigenvalue weighted by molar-refractivity contribution is -0.152. The predicted molar refractivity (Wildman–Crippen MR) is 46.4 cm³/mol. The van der Waals surface area contributed by atoms with E-state index in [1.165, 1.54) is 11.8 Å². The summed E-state index contributed by atoms with van der Waals surface area (Å²) in [5.74, 6) is -1.84. The van der Waals surface area contributed by atoms with Crippen molar-refractivity contribution in [1.29, 1.82) is 0 Å². The zero-order valence-corrected chi connectivity index (χ0v) is 7.82. The van der Waals surface area contributed by atoms with Gasteiger partial charge in [0.15, 0.2) is 0 Å². The second-order valence-electron chi connectivity index (χ2n) is 3.24. The van der Waals surface area contributed by atoms with Gasteiger partial charge in [-0.25, -0.2) is 0 Å². The third-order valence-corrected chi connectivity index (χ3v) is 2.07. The van der Waals surface area contributed by atoms with Gasteiger partial charge in [-0.1, -0.05) is 0 Å². The highest BCUT2D eigenvalue weighted by Crippen LogP contribution is 2.14. The number of hydrogen-bond acceptors (Lipinski definition) is 3. The lowest BCUT2D eigenvalue weighted by Crippen LogP contribution is -2.55. The van der Waals surface area contributed by atoms with Crippen LogP contribution in [0.5, 0.6) is 0 Å². The van der Waals surface area contributed by atoms with Crippen LogP contribution in [-0.4, -0.2) is 47.4 Å². The van der Waals surface area contributed by atoms with Gasteiger partial charge in [-0.05, 0) is 0 Å². The third kappa shape index (κ3) is 2.45. The van der Waals surface area contributed by atoms with Crippen LogP contribution in [-0.2, 0) is 14.4 Å². The number of carboxylic acid groups (broad SMARTS) is 1. The molecule has 0 atom stereocenters. The first-order valence-corrected chi connectivity index (χ1v) is 4.25. The molecule has 2 amide bonds. The maximum absolute atomic E-state index is 11.2. The summed E-state index contributed by atoms with van der Waals surface area (Å²) in [6, 6.07) is 0. The molecular weight excluding hydrogens is 188 g/mol. The second kappa shape index (κ2) is 4.08. The lowest BCUT2D eigenvalue weighted by Gasteiger charge is -2.36. The number of nitrogens with one attached hydrogen (secondary N) is 1. The first kappa shape index (κ1) is 10.5. The lowest BCUT2D eigenvalue weighted by atomic mass is 10.0. The summed E-state index contributed by atoms with van der Waals surface area (Å²) in [5, 5.41) is 10.9. The number of carboxylic acids is 1. The first-order chi connectivity index (χ1) is 6.50. The number of likely N-dealkylation sites (tertiary alicyclic amines) is 1. The Kier molecular flexibility index (Phi) is 3.06. The Morgan fingerprint density at radius 3 is 2.43 bits per heavy atom. The van der Waals surface area contributed by atoms with Crippen molar-refractivity contribution in [3.05, 3.63) is 0 Å². The van der Waals surface area contributed by atoms with Crippen molar-refractivity contribution in [3.63, 3.8) is 0 Å². The van der Waals surface area contributed by atoms with Crippen molar-refractivity contribution in [2.24, 2.45) is 5.92 Å². The summed E-state index contributed by atoms with van der Waals surface area (Å²) in [7, 11) is 0. The summed E-state index contributed by atoms with van der Waals surface area (Å²) in [4.78, 5) is 33.5. The van der Waals surface area contributed by atoms with Gasteiger partial charge in [-0.15, -0.1) is 0 Å².